The van der Waals surface area contributed by atoms with E-state index in [4.69, 9.17) is 10.2 Å². The summed E-state index contributed by atoms with van der Waals surface area (Å²) >= 11 is 0. The molecule has 0 unspecified atom stereocenters. The van der Waals surface area contributed by atoms with Gasteiger partial charge < -0.3 is 19.7 Å². The Morgan fingerprint density at radius 3 is 2.00 bits per heavy atom. The number of aliphatic hydroxyl groups is 2. The van der Waals surface area contributed by atoms with Crippen molar-refractivity contribution < 1.29 is 24.5 Å². The molecule has 0 aromatic heterocycles. The summed E-state index contributed by atoms with van der Waals surface area (Å²) in [6.45, 7) is 4.76. The summed E-state index contributed by atoms with van der Waals surface area (Å²) in [5.41, 5.74) is 0. The first-order valence-electron chi connectivity index (χ1n) is 5.11. The fourth-order valence-electron chi connectivity index (χ4n) is 0.591. The molecular formula is C10H22O5. The van der Waals surface area contributed by atoms with Crippen LogP contribution in [0.4, 0.5) is 0 Å². The van der Waals surface area contributed by atoms with Crippen LogP contribution in [0, 0.1) is 0 Å². The molecule has 0 heterocycles. The first kappa shape index (κ1) is 16.8. The highest BCUT2D eigenvalue weighted by molar-refractivity contribution is 5.65. The zero-order chi connectivity index (χ0) is 11.9. The molecule has 0 aliphatic carbocycles. The predicted octanol–water partition coefficient (Wildman–Crippen LogP) is 0.337. The predicted molar refractivity (Wildman–Crippen MR) is 56.5 cm³/mol. The second-order valence-electron chi connectivity index (χ2n) is 2.75. The molecule has 0 aliphatic rings. The van der Waals surface area contributed by atoms with Crippen molar-refractivity contribution in [3.8, 4) is 0 Å². The maximum atomic E-state index is 10.1. The zero-order valence-corrected chi connectivity index (χ0v) is 9.57. The third-order valence-corrected chi connectivity index (χ3v) is 1.27. The van der Waals surface area contributed by atoms with Gasteiger partial charge in [0.25, 0.3) is 0 Å². The van der Waals surface area contributed by atoms with E-state index >= 15 is 0 Å². The summed E-state index contributed by atoms with van der Waals surface area (Å²) < 4.78 is 9.28. The SMILES string of the molecule is CCCCOC(C)=O.OCCOCCO. The number of ether oxygens (including phenoxy) is 2. The number of esters is 1. The van der Waals surface area contributed by atoms with Crippen molar-refractivity contribution in [3.63, 3.8) is 0 Å². The maximum absolute atomic E-state index is 10.1. The van der Waals surface area contributed by atoms with Gasteiger partial charge in [-0.2, -0.15) is 0 Å². The lowest BCUT2D eigenvalue weighted by Gasteiger charge is -1.96. The molecule has 0 spiro atoms. The molecular weight excluding hydrogens is 200 g/mol. The van der Waals surface area contributed by atoms with Crippen molar-refractivity contribution in [1.29, 1.82) is 0 Å². The van der Waals surface area contributed by atoms with Crippen LogP contribution in [0.3, 0.4) is 0 Å². The van der Waals surface area contributed by atoms with E-state index in [0.717, 1.165) is 12.8 Å². The second-order valence-corrected chi connectivity index (χ2v) is 2.75. The van der Waals surface area contributed by atoms with Gasteiger partial charge in [0, 0.05) is 6.92 Å². The molecule has 0 saturated heterocycles. The zero-order valence-electron chi connectivity index (χ0n) is 9.57. The Labute approximate surface area is 91.0 Å². The molecule has 0 aliphatic heterocycles. The third-order valence-electron chi connectivity index (χ3n) is 1.27. The monoisotopic (exact) mass is 222 g/mol. The van der Waals surface area contributed by atoms with Gasteiger partial charge in [-0.1, -0.05) is 13.3 Å². The highest BCUT2D eigenvalue weighted by Crippen LogP contribution is 1.86. The Kier molecular flexibility index (Phi) is 17.7. The number of carbonyl (C=O) groups excluding carboxylic acids is 1. The third kappa shape index (κ3) is 24.7. The molecule has 0 amide bonds. The van der Waals surface area contributed by atoms with E-state index in [-0.39, 0.29) is 19.2 Å². The summed E-state index contributed by atoms with van der Waals surface area (Å²) in [6, 6.07) is 0. The minimum absolute atomic E-state index is 0.0278. The summed E-state index contributed by atoms with van der Waals surface area (Å²) in [5, 5.41) is 16.2. The van der Waals surface area contributed by atoms with E-state index < -0.39 is 0 Å². The van der Waals surface area contributed by atoms with Crippen molar-refractivity contribution in [2.24, 2.45) is 0 Å². The Bertz CT molecular complexity index is 123. The largest absolute Gasteiger partial charge is 0.466 e. The average Bonchev–Trinajstić information content (AvgIpc) is 2.20. The molecule has 0 saturated carbocycles. The summed E-state index contributed by atoms with van der Waals surface area (Å²) in [5.74, 6) is -0.182. The number of hydrogen-bond donors (Lipinski definition) is 2. The highest BCUT2D eigenvalue weighted by atomic mass is 16.5. The number of carbonyl (C=O) groups is 1. The van der Waals surface area contributed by atoms with E-state index in [1.165, 1.54) is 6.92 Å². The summed E-state index contributed by atoms with van der Waals surface area (Å²) in [4.78, 5) is 10.1. The molecule has 0 fully saturated rings. The van der Waals surface area contributed by atoms with Crippen molar-refractivity contribution >= 4 is 5.97 Å². The second kappa shape index (κ2) is 15.8. The van der Waals surface area contributed by atoms with Gasteiger partial charge in [-0.3, -0.25) is 4.79 Å². The lowest BCUT2D eigenvalue weighted by Crippen LogP contribution is -2.03. The lowest BCUT2D eigenvalue weighted by atomic mass is 10.4. The van der Waals surface area contributed by atoms with E-state index in [0.29, 0.717) is 19.8 Å². The van der Waals surface area contributed by atoms with Gasteiger partial charge in [0.15, 0.2) is 0 Å². The minimum atomic E-state index is -0.182. The van der Waals surface area contributed by atoms with Crippen molar-refractivity contribution in [2.45, 2.75) is 26.7 Å². The molecule has 0 aromatic carbocycles. The van der Waals surface area contributed by atoms with Crippen LogP contribution >= 0.6 is 0 Å². The number of unbranched alkanes of at least 4 members (excludes halogenated alkanes) is 1. The van der Waals surface area contributed by atoms with Crippen LogP contribution in [0.1, 0.15) is 26.7 Å². The van der Waals surface area contributed by atoms with Crippen molar-refractivity contribution in [1.82, 2.24) is 0 Å². The minimum Gasteiger partial charge on any atom is -0.466 e. The lowest BCUT2D eigenvalue weighted by molar-refractivity contribution is -0.141. The Hall–Kier alpha value is -0.650. The van der Waals surface area contributed by atoms with Gasteiger partial charge in [-0.25, -0.2) is 0 Å². The van der Waals surface area contributed by atoms with Gasteiger partial charge in [-0.15, -0.1) is 0 Å². The van der Waals surface area contributed by atoms with Crippen LogP contribution in [0.25, 0.3) is 0 Å². The van der Waals surface area contributed by atoms with Crippen LogP contribution < -0.4 is 0 Å². The first-order chi connectivity index (χ1) is 7.18. The molecule has 0 atom stereocenters. The van der Waals surface area contributed by atoms with E-state index in [2.05, 4.69) is 16.4 Å². The summed E-state index contributed by atoms with van der Waals surface area (Å²) in [7, 11) is 0. The molecule has 0 radical (unpaired) electrons. The van der Waals surface area contributed by atoms with Gasteiger partial charge >= 0.3 is 5.97 Å². The van der Waals surface area contributed by atoms with Gasteiger partial charge in [-0.05, 0) is 6.42 Å². The molecule has 92 valence electrons. The van der Waals surface area contributed by atoms with Crippen LogP contribution in [0.15, 0.2) is 0 Å². The van der Waals surface area contributed by atoms with E-state index in [9.17, 15) is 4.79 Å². The molecule has 0 bridgehead atoms. The molecule has 5 nitrogen and oxygen atoms in total. The number of aliphatic hydroxyl groups excluding tert-OH is 2. The number of hydrogen-bond acceptors (Lipinski definition) is 5. The van der Waals surface area contributed by atoms with Gasteiger partial charge in [0.05, 0.1) is 33.0 Å². The molecule has 5 heteroatoms. The smallest absolute Gasteiger partial charge is 0.302 e. The highest BCUT2D eigenvalue weighted by Gasteiger charge is 1.88. The standard InChI is InChI=1S/C6H12O2.C4H10O3/c1-3-4-5-8-6(2)7;5-1-3-7-4-2-6/h3-5H2,1-2H3;5-6H,1-4H2. The molecule has 15 heavy (non-hydrogen) atoms. The molecule has 2 N–H and O–H groups in total. The molecule has 0 aromatic rings. The fourth-order valence-corrected chi connectivity index (χ4v) is 0.591. The Morgan fingerprint density at radius 1 is 1.13 bits per heavy atom. The van der Waals surface area contributed by atoms with Crippen LogP contribution in [0.2, 0.25) is 0 Å². The first-order valence-corrected chi connectivity index (χ1v) is 5.11. The Balaban J connectivity index is 0. The normalized spacial score (nSPS) is 9.07. The topological polar surface area (TPSA) is 76.0 Å². The average molecular weight is 222 g/mol. The Morgan fingerprint density at radius 2 is 1.67 bits per heavy atom. The van der Waals surface area contributed by atoms with Crippen LogP contribution in [-0.4, -0.2) is 49.2 Å². The van der Waals surface area contributed by atoms with Crippen molar-refractivity contribution in [2.75, 3.05) is 33.0 Å². The van der Waals surface area contributed by atoms with Crippen LogP contribution in [0.5, 0.6) is 0 Å². The maximum Gasteiger partial charge on any atom is 0.302 e. The fraction of sp³-hybridized carbons (Fsp3) is 0.900. The van der Waals surface area contributed by atoms with Gasteiger partial charge in [0.1, 0.15) is 0 Å². The van der Waals surface area contributed by atoms with Crippen molar-refractivity contribution in [3.05, 3.63) is 0 Å². The quantitative estimate of drug-likeness (QED) is 0.480. The number of rotatable bonds is 7. The van der Waals surface area contributed by atoms with Crippen LogP contribution in [-0.2, 0) is 14.3 Å². The van der Waals surface area contributed by atoms with E-state index in [1.807, 2.05) is 0 Å². The molecule has 0 rings (SSSR count). The summed E-state index contributed by atoms with van der Waals surface area (Å²) in [6.07, 6.45) is 2.05. The van der Waals surface area contributed by atoms with Gasteiger partial charge in [0.2, 0.25) is 0 Å². The van der Waals surface area contributed by atoms with E-state index in [1.54, 1.807) is 0 Å².